The first-order valence-corrected chi connectivity index (χ1v) is 7.57. The highest BCUT2D eigenvalue weighted by Gasteiger charge is 2.39. The summed E-state index contributed by atoms with van der Waals surface area (Å²) in [4.78, 5) is 13.7. The third kappa shape index (κ3) is 4.46. The van der Waals surface area contributed by atoms with E-state index in [0.717, 1.165) is 19.3 Å². The summed E-state index contributed by atoms with van der Waals surface area (Å²) < 4.78 is 0. The van der Waals surface area contributed by atoms with Crippen molar-refractivity contribution in [2.45, 2.75) is 77.9 Å². The Morgan fingerprint density at radius 1 is 1.32 bits per heavy atom. The molecule has 0 radical (unpaired) electrons. The van der Waals surface area contributed by atoms with Gasteiger partial charge in [-0.1, -0.05) is 40.5 Å². The van der Waals surface area contributed by atoms with Crippen molar-refractivity contribution in [1.82, 2.24) is 4.90 Å². The topological polar surface area (TPSA) is 72.3 Å². The van der Waals surface area contributed by atoms with E-state index < -0.39 is 0 Å². The van der Waals surface area contributed by atoms with E-state index >= 15 is 0 Å². The SMILES string of the molecule is CCC(N)C(N(CC(N)=O)C1CCCC1)C(C)(C)C. The van der Waals surface area contributed by atoms with E-state index in [4.69, 9.17) is 11.5 Å². The fraction of sp³-hybridized carbons (Fsp3) is 0.933. The zero-order valence-electron chi connectivity index (χ0n) is 13.0. The van der Waals surface area contributed by atoms with Crippen molar-refractivity contribution in [1.29, 1.82) is 0 Å². The molecule has 0 saturated heterocycles. The molecule has 4 nitrogen and oxygen atoms in total. The second-order valence-electron chi connectivity index (χ2n) is 6.96. The van der Waals surface area contributed by atoms with E-state index in [-0.39, 0.29) is 23.4 Å². The molecular weight excluding hydrogens is 238 g/mol. The monoisotopic (exact) mass is 269 g/mol. The number of carbonyl (C=O) groups excluding carboxylic acids is 1. The Labute approximate surface area is 117 Å². The molecule has 1 aliphatic rings. The molecule has 1 amide bonds. The Morgan fingerprint density at radius 3 is 2.21 bits per heavy atom. The van der Waals surface area contributed by atoms with E-state index in [1.54, 1.807) is 0 Å². The van der Waals surface area contributed by atoms with E-state index in [1.807, 2.05) is 0 Å². The lowest BCUT2D eigenvalue weighted by molar-refractivity contribution is -0.121. The predicted octanol–water partition coefficient (Wildman–Crippen LogP) is 1.87. The lowest BCUT2D eigenvalue weighted by atomic mass is 9.79. The zero-order chi connectivity index (χ0) is 14.6. The van der Waals surface area contributed by atoms with Gasteiger partial charge in [-0.2, -0.15) is 0 Å². The van der Waals surface area contributed by atoms with Crippen molar-refractivity contribution in [3.05, 3.63) is 0 Å². The average Bonchev–Trinajstić information content (AvgIpc) is 2.78. The first kappa shape index (κ1) is 16.4. The molecule has 0 heterocycles. The summed E-state index contributed by atoms with van der Waals surface area (Å²) in [7, 11) is 0. The van der Waals surface area contributed by atoms with Gasteiger partial charge in [-0.3, -0.25) is 9.69 Å². The fourth-order valence-electron chi connectivity index (χ4n) is 3.48. The molecule has 112 valence electrons. The first-order valence-electron chi connectivity index (χ1n) is 7.57. The predicted molar refractivity (Wildman–Crippen MR) is 79.7 cm³/mol. The van der Waals surface area contributed by atoms with Gasteiger partial charge in [0.25, 0.3) is 0 Å². The number of primary amides is 1. The first-order chi connectivity index (χ1) is 8.77. The van der Waals surface area contributed by atoms with Gasteiger partial charge in [0.2, 0.25) is 5.91 Å². The van der Waals surface area contributed by atoms with Crippen molar-refractivity contribution in [3.8, 4) is 0 Å². The van der Waals surface area contributed by atoms with E-state index in [2.05, 4.69) is 32.6 Å². The molecule has 0 aromatic rings. The van der Waals surface area contributed by atoms with Crippen LogP contribution < -0.4 is 11.5 Å². The van der Waals surface area contributed by atoms with Gasteiger partial charge in [-0.05, 0) is 24.7 Å². The second kappa shape index (κ2) is 6.71. The number of hydrogen-bond donors (Lipinski definition) is 2. The van der Waals surface area contributed by atoms with Gasteiger partial charge in [0, 0.05) is 18.1 Å². The normalized spacial score (nSPS) is 20.7. The summed E-state index contributed by atoms with van der Waals surface area (Å²) in [6, 6.07) is 0.752. The van der Waals surface area contributed by atoms with E-state index in [1.165, 1.54) is 12.8 Å². The molecule has 0 aliphatic heterocycles. The lowest BCUT2D eigenvalue weighted by Crippen LogP contribution is -2.59. The standard InChI is InChI=1S/C15H31N3O/c1-5-12(16)14(15(2,3)4)18(10-13(17)19)11-8-6-7-9-11/h11-12,14H,5-10,16H2,1-4H3,(H2,17,19). The van der Waals surface area contributed by atoms with Crippen LogP contribution >= 0.6 is 0 Å². The number of nitrogens with two attached hydrogens (primary N) is 2. The summed E-state index contributed by atoms with van der Waals surface area (Å²) in [6.07, 6.45) is 5.74. The maximum Gasteiger partial charge on any atom is 0.231 e. The molecule has 2 unspecified atom stereocenters. The Balaban J connectivity index is 2.98. The van der Waals surface area contributed by atoms with Gasteiger partial charge in [-0.25, -0.2) is 0 Å². The second-order valence-corrected chi connectivity index (χ2v) is 6.96. The van der Waals surface area contributed by atoms with Crippen LogP contribution in [0.4, 0.5) is 0 Å². The average molecular weight is 269 g/mol. The highest BCUT2D eigenvalue weighted by atomic mass is 16.1. The Kier molecular flexibility index (Phi) is 5.81. The maximum absolute atomic E-state index is 11.4. The molecule has 2 atom stereocenters. The van der Waals surface area contributed by atoms with E-state index in [9.17, 15) is 4.79 Å². The van der Waals surface area contributed by atoms with Gasteiger partial charge in [0.15, 0.2) is 0 Å². The molecule has 1 aliphatic carbocycles. The van der Waals surface area contributed by atoms with Crippen LogP contribution in [-0.2, 0) is 4.79 Å². The summed E-state index contributed by atoms with van der Waals surface area (Å²) in [5.41, 5.74) is 11.9. The summed E-state index contributed by atoms with van der Waals surface area (Å²) >= 11 is 0. The molecule has 0 spiro atoms. The summed E-state index contributed by atoms with van der Waals surface area (Å²) in [5, 5.41) is 0. The van der Waals surface area contributed by atoms with Crippen LogP contribution in [0.1, 0.15) is 59.8 Å². The third-order valence-electron chi connectivity index (χ3n) is 4.25. The number of rotatable bonds is 6. The zero-order valence-corrected chi connectivity index (χ0v) is 13.0. The number of carbonyl (C=O) groups is 1. The largest absolute Gasteiger partial charge is 0.369 e. The molecule has 1 saturated carbocycles. The van der Waals surface area contributed by atoms with Gasteiger partial charge < -0.3 is 11.5 Å². The Bertz CT molecular complexity index is 292. The minimum atomic E-state index is -0.246. The molecular formula is C15H31N3O. The molecule has 19 heavy (non-hydrogen) atoms. The molecule has 1 fully saturated rings. The smallest absolute Gasteiger partial charge is 0.231 e. The molecule has 4 N–H and O–H groups in total. The fourth-order valence-corrected chi connectivity index (χ4v) is 3.48. The van der Waals surface area contributed by atoms with Crippen LogP contribution in [0, 0.1) is 5.41 Å². The number of hydrogen-bond acceptors (Lipinski definition) is 3. The molecule has 0 bridgehead atoms. The highest BCUT2D eigenvalue weighted by molar-refractivity contribution is 5.76. The Hall–Kier alpha value is -0.610. The van der Waals surface area contributed by atoms with E-state index in [0.29, 0.717) is 12.6 Å². The van der Waals surface area contributed by atoms with Crippen molar-refractivity contribution in [2.75, 3.05) is 6.54 Å². The molecule has 0 aromatic heterocycles. The molecule has 4 heteroatoms. The summed E-state index contributed by atoms with van der Waals surface area (Å²) in [6.45, 7) is 9.06. The van der Waals surface area contributed by atoms with Crippen molar-refractivity contribution in [3.63, 3.8) is 0 Å². The van der Waals surface area contributed by atoms with Crippen LogP contribution in [0.15, 0.2) is 0 Å². The van der Waals surface area contributed by atoms with Gasteiger partial charge in [-0.15, -0.1) is 0 Å². The van der Waals surface area contributed by atoms with Crippen molar-refractivity contribution < 1.29 is 4.79 Å². The van der Waals surface area contributed by atoms with Crippen LogP contribution in [0.3, 0.4) is 0 Å². The minimum absolute atomic E-state index is 0.0491. The minimum Gasteiger partial charge on any atom is -0.369 e. The van der Waals surface area contributed by atoms with Crippen LogP contribution in [0.25, 0.3) is 0 Å². The molecule has 0 aromatic carbocycles. The number of nitrogens with zero attached hydrogens (tertiary/aromatic N) is 1. The quantitative estimate of drug-likeness (QED) is 0.773. The molecule has 1 rings (SSSR count). The van der Waals surface area contributed by atoms with Crippen LogP contribution in [0.2, 0.25) is 0 Å². The van der Waals surface area contributed by atoms with Gasteiger partial charge >= 0.3 is 0 Å². The van der Waals surface area contributed by atoms with Crippen LogP contribution in [0.5, 0.6) is 0 Å². The van der Waals surface area contributed by atoms with Crippen molar-refractivity contribution in [2.24, 2.45) is 16.9 Å². The van der Waals surface area contributed by atoms with Crippen molar-refractivity contribution >= 4 is 5.91 Å². The van der Waals surface area contributed by atoms with Gasteiger partial charge in [0.1, 0.15) is 0 Å². The maximum atomic E-state index is 11.4. The summed E-state index contributed by atoms with van der Waals surface area (Å²) in [5.74, 6) is -0.246. The number of amides is 1. The lowest BCUT2D eigenvalue weighted by Gasteiger charge is -2.45. The van der Waals surface area contributed by atoms with Gasteiger partial charge in [0.05, 0.1) is 6.54 Å². The third-order valence-corrected chi connectivity index (χ3v) is 4.25. The Morgan fingerprint density at radius 2 is 1.84 bits per heavy atom. The van der Waals surface area contributed by atoms with Crippen LogP contribution in [-0.4, -0.2) is 35.5 Å². The highest BCUT2D eigenvalue weighted by Crippen LogP contribution is 2.33.